The van der Waals surface area contributed by atoms with E-state index >= 15 is 0 Å². The van der Waals surface area contributed by atoms with E-state index in [0.717, 1.165) is 52.4 Å². The van der Waals surface area contributed by atoms with E-state index in [2.05, 4.69) is 12.0 Å². The highest BCUT2D eigenvalue weighted by atomic mass is 35.5. The summed E-state index contributed by atoms with van der Waals surface area (Å²) < 4.78 is 1.89. The number of carbonyl (C=O) groups excluding carboxylic acids is 1. The van der Waals surface area contributed by atoms with Crippen LogP contribution in [-0.4, -0.2) is 33.7 Å². The van der Waals surface area contributed by atoms with Crippen LogP contribution in [0, 0.1) is 6.92 Å². The van der Waals surface area contributed by atoms with Gasteiger partial charge in [0.15, 0.2) is 0 Å². The van der Waals surface area contributed by atoms with E-state index in [1.165, 1.54) is 11.3 Å². The molecule has 2 heterocycles. The summed E-state index contributed by atoms with van der Waals surface area (Å²) in [4.78, 5) is 16.5. The lowest BCUT2D eigenvalue weighted by molar-refractivity contribution is 0.0767. The molecular formula is C19H22ClN3OS. The van der Waals surface area contributed by atoms with Gasteiger partial charge >= 0.3 is 0 Å². The van der Waals surface area contributed by atoms with Crippen molar-refractivity contribution in [3.63, 3.8) is 0 Å². The monoisotopic (exact) mass is 375 g/mol. The Balaban J connectivity index is 1.98. The number of unbranched alkanes of at least 4 members (excludes halogenated alkanes) is 1. The molecule has 2 aromatic heterocycles. The van der Waals surface area contributed by atoms with Gasteiger partial charge in [0, 0.05) is 23.5 Å². The molecule has 0 aliphatic carbocycles. The zero-order valence-electron chi connectivity index (χ0n) is 14.8. The van der Waals surface area contributed by atoms with Crippen LogP contribution < -0.4 is 0 Å². The summed E-state index contributed by atoms with van der Waals surface area (Å²) in [6.45, 7) is 7.69. The first-order valence-electron chi connectivity index (χ1n) is 8.59. The lowest BCUT2D eigenvalue weighted by atomic mass is 10.2. The molecule has 1 amide bonds. The zero-order valence-corrected chi connectivity index (χ0v) is 16.3. The first kappa shape index (κ1) is 18.0. The number of nitrogens with zero attached hydrogens (tertiary/aromatic N) is 3. The fourth-order valence-corrected chi connectivity index (χ4v) is 4.09. The second-order valence-corrected chi connectivity index (χ2v) is 7.51. The Kier molecular flexibility index (Phi) is 5.45. The Bertz CT molecular complexity index is 882. The third kappa shape index (κ3) is 3.58. The second kappa shape index (κ2) is 7.58. The molecule has 0 atom stereocenters. The first-order valence-corrected chi connectivity index (χ1v) is 9.79. The Morgan fingerprint density at radius 2 is 2.00 bits per heavy atom. The van der Waals surface area contributed by atoms with Crippen molar-refractivity contribution < 1.29 is 4.79 Å². The molecule has 132 valence electrons. The summed E-state index contributed by atoms with van der Waals surface area (Å²) in [5.41, 5.74) is 1.87. The molecule has 25 heavy (non-hydrogen) atoms. The molecule has 3 aromatic rings. The fourth-order valence-electron chi connectivity index (χ4n) is 2.82. The summed E-state index contributed by atoms with van der Waals surface area (Å²) in [5.74, 6) is 0.110. The summed E-state index contributed by atoms with van der Waals surface area (Å²) >= 11 is 7.49. The smallest absolute Gasteiger partial charge is 0.264 e. The Morgan fingerprint density at radius 3 is 2.64 bits per heavy atom. The number of hydrogen-bond acceptors (Lipinski definition) is 3. The van der Waals surface area contributed by atoms with E-state index in [9.17, 15) is 4.79 Å². The molecule has 0 aliphatic rings. The number of rotatable bonds is 6. The lowest BCUT2D eigenvalue weighted by Crippen LogP contribution is -2.31. The molecule has 0 bridgehead atoms. The summed E-state index contributed by atoms with van der Waals surface area (Å²) in [7, 11) is 0. The third-order valence-corrected chi connectivity index (χ3v) is 5.63. The van der Waals surface area contributed by atoms with Gasteiger partial charge in [-0.05, 0) is 50.6 Å². The average Bonchev–Trinajstić information content (AvgIpc) is 3.17. The number of hydrogen-bond donors (Lipinski definition) is 0. The topological polar surface area (TPSA) is 38.1 Å². The van der Waals surface area contributed by atoms with Gasteiger partial charge in [-0.25, -0.2) is 4.68 Å². The van der Waals surface area contributed by atoms with Gasteiger partial charge in [0.2, 0.25) is 0 Å². The number of benzene rings is 1. The molecule has 1 aromatic carbocycles. The van der Waals surface area contributed by atoms with E-state index in [0.29, 0.717) is 5.02 Å². The highest BCUT2D eigenvalue weighted by Gasteiger charge is 2.20. The molecule has 6 heteroatoms. The van der Waals surface area contributed by atoms with Crippen molar-refractivity contribution >= 4 is 39.1 Å². The summed E-state index contributed by atoms with van der Waals surface area (Å²) in [6, 6.07) is 9.56. The second-order valence-electron chi connectivity index (χ2n) is 6.04. The zero-order chi connectivity index (χ0) is 18.0. The van der Waals surface area contributed by atoms with Crippen LogP contribution >= 0.6 is 22.9 Å². The van der Waals surface area contributed by atoms with Crippen molar-refractivity contribution in [3.8, 4) is 5.69 Å². The number of carbonyl (C=O) groups is 1. The Labute approximate surface area is 157 Å². The van der Waals surface area contributed by atoms with Gasteiger partial charge in [-0.1, -0.05) is 24.9 Å². The van der Waals surface area contributed by atoms with Crippen LogP contribution in [0.4, 0.5) is 0 Å². The molecule has 4 nitrogen and oxygen atoms in total. The van der Waals surface area contributed by atoms with Crippen LogP contribution in [0.5, 0.6) is 0 Å². The Morgan fingerprint density at radius 1 is 1.28 bits per heavy atom. The molecule has 0 saturated heterocycles. The number of aryl methyl sites for hydroxylation is 1. The number of halogens is 1. The lowest BCUT2D eigenvalue weighted by Gasteiger charge is -2.19. The molecule has 0 radical (unpaired) electrons. The maximum Gasteiger partial charge on any atom is 0.264 e. The quantitative estimate of drug-likeness (QED) is 0.585. The average molecular weight is 376 g/mol. The number of thiophene rings is 1. The Hall–Kier alpha value is -1.85. The van der Waals surface area contributed by atoms with Crippen LogP contribution in [0.1, 0.15) is 42.1 Å². The summed E-state index contributed by atoms with van der Waals surface area (Å²) in [5, 5.41) is 6.36. The van der Waals surface area contributed by atoms with E-state index in [4.69, 9.17) is 11.6 Å². The third-order valence-electron chi connectivity index (χ3n) is 4.28. The van der Waals surface area contributed by atoms with E-state index in [-0.39, 0.29) is 5.91 Å². The molecule has 0 N–H and O–H groups in total. The highest BCUT2D eigenvalue weighted by Crippen LogP contribution is 2.31. The maximum atomic E-state index is 12.8. The number of amides is 1. The van der Waals surface area contributed by atoms with Crippen molar-refractivity contribution in [2.24, 2.45) is 0 Å². The van der Waals surface area contributed by atoms with Crippen molar-refractivity contribution in [1.29, 1.82) is 0 Å². The maximum absolute atomic E-state index is 12.8. The van der Waals surface area contributed by atoms with Crippen LogP contribution in [0.25, 0.3) is 15.9 Å². The normalized spacial score (nSPS) is 11.2. The number of aromatic nitrogens is 2. The van der Waals surface area contributed by atoms with Crippen LogP contribution in [0.15, 0.2) is 30.3 Å². The minimum absolute atomic E-state index is 0.110. The first-order chi connectivity index (χ1) is 12.0. The van der Waals surface area contributed by atoms with E-state index in [1.807, 2.05) is 53.8 Å². The fraction of sp³-hybridized carbons (Fsp3) is 0.368. The van der Waals surface area contributed by atoms with Gasteiger partial charge in [-0.15, -0.1) is 11.3 Å². The molecule has 0 aliphatic heterocycles. The minimum Gasteiger partial charge on any atom is -0.338 e. The molecule has 0 saturated carbocycles. The van der Waals surface area contributed by atoms with Crippen LogP contribution in [0.2, 0.25) is 5.02 Å². The number of fused-ring (bicyclic) bond motifs is 1. The van der Waals surface area contributed by atoms with Gasteiger partial charge in [-0.3, -0.25) is 4.79 Å². The van der Waals surface area contributed by atoms with E-state index in [1.54, 1.807) is 0 Å². The van der Waals surface area contributed by atoms with Crippen molar-refractivity contribution in [3.05, 3.63) is 45.9 Å². The molecule has 0 spiro atoms. The molecular weight excluding hydrogens is 354 g/mol. The minimum atomic E-state index is 0.110. The van der Waals surface area contributed by atoms with Crippen LogP contribution in [-0.2, 0) is 0 Å². The standard InChI is InChI=1S/C19H22ClN3OS/c1-4-6-11-22(5-2)18(24)17-12-16-13(3)21-23(19(16)25-17)15-9-7-14(20)8-10-15/h7-10,12H,4-6,11H2,1-3H3. The predicted octanol–water partition coefficient (Wildman–Crippen LogP) is 5.31. The largest absolute Gasteiger partial charge is 0.338 e. The van der Waals surface area contributed by atoms with Gasteiger partial charge in [-0.2, -0.15) is 5.10 Å². The highest BCUT2D eigenvalue weighted by molar-refractivity contribution is 7.20. The van der Waals surface area contributed by atoms with Gasteiger partial charge < -0.3 is 4.90 Å². The van der Waals surface area contributed by atoms with Crippen molar-refractivity contribution in [2.45, 2.75) is 33.6 Å². The van der Waals surface area contributed by atoms with Gasteiger partial charge in [0.05, 0.1) is 16.3 Å². The predicted molar refractivity (Wildman–Crippen MR) is 105 cm³/mol. The van der Waals surface area contributed by atoms with Crippen molar-refractivity contribution in [1.82, 2.24) is 14.7 Å². The SMILES string of the molecule is CCCCN(CC)C(=O)c1cc2c(C)nn(-c3ccc(Cl)cc3)c2s1. The summed E-state index contributed by atoms with van der Waals surface area (Å²) in [6.07, 6.45) is 2.11. The molecule has 0 fully saturated rings. The van der Waals surface area contributed by atoms with Gasteiger partial charge in [0.25, 0.3) is 5.91 Å². The van der Waals surface area contributed by atoms with Crippen LogP contribution in [0.3, 0.4) is 0 Å². The molecule has 0 unspecified atom stereocenters. The van der Waals surface area contributed by atoms with Gasteiger partial charge in [0.1, 0.15) is 4.83 Å². The van der Waals surface area contributed by atoms with E-state index < -0.39 is 0 Å². The molecule has 3 rings (SSSR count). The van der Waals surface area contributed by atoms with Crippen molar-refractivity contribution in [2.75, 3.05) is 13.1 Å².